The van der Waals surface area contributed by atoms with E-state index in [1.54, 1.807) is 0 Å². The molecule has 3 heterocycles. The smallest absolute Gasteiger partial charge is 0.0515 e. The van der Waals surface area contributed by atoms with Gasteiger partial charge in [-0.2, -0.15) is 0 Å². The molecule has 4 nitrogen and oxygen atoms in total. The highest BCUT2D eigenvalue weighted by Crippen LogP contribution is 2.42. The summed E-state index contributed by atoms with van der Waals surface area (Å²) in [6.07, 6.45) is 3.17. The van der Waals surface area contributed by atoms with E-state index in [2.05, 4.69) is 57.2 Å². The van der Waals surface area contributed by atoms with Crippen molar-refractivity contribution >= 4 is 0 Å². The van der Waals surface area contributed by atoms with Gasteiger partial charge in [-0.1, -0.05) is 30.3 Å². The van der Waals surface area contributed by atoms with E-state index < -0.39 is 0 Å². The molecular weight excluding hydrogens is 298 g/mol. The number of aromatic nitrogens is 1. The van der Waals surface area contributed by atoms with Crippen LogP contribution in [0.5, 0.6) is 0 Å². The van der Waals surface area contributed by atoms with Gasteiger partial charge in [-0.05, 0) is 36.6 Å². The summed E-state index contributed by atoms with van der Waals surface area (Å²) in [4.78, 5) is 8.34. The second-order valence-corrected chi connectivity index (χ2v) is 7.57. The van der Waals surface area contributed by atoms with Gasteiger partial charge in [0.05, 0.1) is 6.61 Å². The van der Waals surface area contributed by atoms with Gasteiger partial charge < -0.3 is 10.1 Å². The molecule has 2 aromatic rings. The number of nitrogens with zero attached hydrogens (tertiary/aromatic N) is 2. The molecule has 24 heavy (non-hydrogen) atoms. The summed E-state index contributed by atoms with van der Waals surface area (Å²) in [6.45, 7) is 6.50. The highest BCUT2D eigenvalue weighted by Gasteiger charge is 2.49. The Bertz CT molecular complexity index is 642. The zero-order valence-corrected chi connectivity index (χ0v) is 14.2. The fourth-order valence-corrected chi connectivity index (χ4v) is 4.62. The second kappa shape index (κ2) is 6.71. The third-order valence-electron chi connectivity index (χ3n) is 5.84. The number of aliphatic hydroxyl groups excluding tert-OH is 1. The lowest BCUT2D eigenvalue weighted by Gasteiger charge is -2.43. The Morgan fingerprint density at radius 3 is 2.62 bits per heavy atom. The molecule has 2 aliphatic heterocycles. The summed E-state index contributed by atoms with van der Waals surface area (Å²) in [5.74, 6) is 0.617. The molecule has 2 fully saturated rings. The van der Waals surface area contributed by atoms with Gasteiger partial charge >= 0.3 is 0 Å². The van der Waals surface area contributed by atoms with Crippen LogP contribution in [-0.2, 0) is 13.1 Å². The number of aromatic amines is 1. The quantitative estimate of drug-likeness (QED) is 0.887. The fraction of sp³-hybridized carbons (Fsp3) is 0.500. The van der Waals surface area contributed by atoms with Gasteiger partial charge in [0.1, 0.15) is 0 Å². The molecule has 0 amide bonds. The molecule has 0 bridgehead atoms. The van der Waals surface area contributed by atoms with Crippen molar-refractivity contribution in [1.29, 1.82) is 0 Å². The molecule has 2 N–H and O–H groups in total. The van der Waals surface area contributed by atoms with Crippen LogP contribution in [-0.4, -0.2) is 52.7 Å². The van der Waals surface area contributed by atoms with E-state index in [0.717, 1.165) is 39.3 Å². The first-order chi connectivity index (χ1) is 11.8. The summed E-state index contributed by atoms with van der Waals surface area (Å²) in [6, 6.07) is 14.9. The Labute approximate surface area is 144 Å². The first-order valence-electron chi connectivity index (χ1n) is 8.99. The Kier molecular flexibility index (Phi) is 4.44. The van der Waals surface area contributed by atoms with Crippen molar-refractivity contribution in [3.05, 3.63) is 59.9 Å². The largest absolute Gasteiger partial charge is 0.396 e. The van der Waals surface area contributed by atoms with E-state index in [0.29, 0.717) is 12.5 Å². The molecule has 2 aliphatic rings. The van der Waals surface area contributed by atoms with Crippen molar-refractivity contribution in [2.24, 2.45) is 11.3 Å². The summed E-state index contributed by atoms with van der Waals surface area (Å²) < 4.78 is 0. The molecule has 0 spiro atoms. The molecule has 0 aliphatic carbocycles. The monoisotopic (exact) mass is 325 g/mol. The van der Waals surface area contributed by atoms with Crippen LogP contribution in [0.4, 0.5) is 0 Å². The third-order valence-corrected chi connectivity index (χ3v) is 5.84. The van der Waals surface area contributed by atoms with Crippen LogP contribution in [0.25, 0.3) is 0 Å². The van der Waals surface area contributed by atoms with Gasteiger partial charge in [0.15, 0.2) is 0 Å². The fourth-order valence-electron chi connectivity index (χ4n) is 4.62. The van der Waals surface area contributed by atoms with Gasteiger partial charge in [0.2, 0.25) is 0 Å². The van der Waals surface area contributed by atoms with E-state index >= 15 is 0 Å². The molecule has 0 radical (unpaired) electrons. The topological polar surface area (TPSA) is 42.5 Å². The minimum Gasteiger partial charge on any atom is -0.396 e. The summed E-state index contributed by atoms with van der Waals surface area (Å²) in [7, 11) is 0. The Hall–Kier alpha value is -1.62. The maximum Gasteiger partial charge on any atom is 0.0515 e. The number of benzene rings is 1. The first-order valence-corrected chi connectivity index (χ1v) is 8.99. The number of hydrogen-bond acceptors (Lipinski definition) is 3. The SMILES string of the molecule is OC[C@]12CN(Cc3ccc[nH]3)CC[C@H]1CN(Cc1ccccc1)C2. The van der Waals surface area contributed by atoms with Crippen molar-refractivity contribution in [3.63, 3.8) is 0 Å². The van der Waals surface area contributed by atoms with Crippen molar-refractivity contribution in [3.8, 4) is 0 Å². The number of aliphatic hydroxyl groups is 1. The third kappa shape index (κ3) is 3.14. The second-order valence-electron chi connectivity index (χ2n) is 7.57. The number of fused-ring (bicyclic) bond motifs is 1. The highest BCUT2D eigenvalue weighted by molar-refractivity contribution is 5.15. The molecule has 1 aromatic carbocycles. The summed E-state index contributed by atoms with van der Waals surface area (Å²) >= 11 is 0. The number of H-pyrrole nitrogens is 1. The molecule has 2 saturated heterocycles. The number of nitrogens with one attached hydrogen (secondary N) is 1. The average Bonchev–Trinajstić information content (AvgIpc) is 3.23. The molecule has 0 saturated carbocycles. The molecule has 0 unspecified atom stereocenters. The van der Waals surface area contributed by atoms with E-state index in [-0.39, 0.29) is 5.41 Å². The lowest BCUT2D eigenvalue weighted by atomic mass is 9.74. The van der Waals surface area contributed by atoms with Crippen molar-refractivity contribution < 1.29 is 5.11 Å². The maximum absolute atomic E-state index is 10.2. The summed E-state index contributed by atoms with van der Waals surface area (Å²) in [5.41, 5.74) is 2.67. The predicted molar refractivity (Wildman–Crippen MR) is 95.4 cm³/mol. The average molecular weight is 325 g/mol. The minimum absolute atomic E-state index is 0.0413. The van der Waals surface area contributed by atoms with Gasteiger partial charge in [0.25, 0.3) is 0 Å². The lowest BCUT2D eigenvalue weighted by Crippen LogP contribution is -2.50. The number of rotatable bonds is 5. The normalized spacial score (nSPS) is 28.1. The molecule has 128 valence electrons. The van der Waals surface area contributed by atoms with Crippen molar-refractivity contribution in [1.82, 2.24) is 14.8 Å². The maximum atomic E-state index is 10.2. The van der Waals surface area contributed by atoms with E-state index in [4.69, 9.17) is 0 Å². The number of likely N-dealkylation sites (tertiary alicyclic amines) is 2. The molecular formula is C20H27N3O. The Morgan fingerprint density at radius 1 is 1.04 bits per heavy atom. The van der Waals surface area contributed by atoms with E-state index in [1.165, 1.54) is 17.7 Å². The Morgan fingerprint density at radius 2 is 1.88 bits per heavy atom. The lowest BCUT2D eigenvalue weighted by molar-refractivity contribution is 0.00699. The Balaban J connectivity index is 1.43. The predicted octanol–water partition coefficient (Wildman–Crippen LogP) is 2.33. The zero-order valence-electron chi connectivity index (χ0n) is 14.2. The number of piperidine rings is 1. The van der Waals surface area contributed by atoms with Gasteiger partial charge in [0, 0.05) is 50.0 Å². The van der Waals surface area contributed by atoms with Crippen LogP contribution in [0, 0.1) is 11.3 Å². The standard InChI is InChI=1S/C20H27N3O/c24-16-20-14-22(13-19-7-4-9-21-19)10-8-18(20)12-23(15-20)11-17-5-2-1-3-6-17/h1-7,9,18,21,24H,8,10-16H2/t18-,20+/m0/s1. The molecule has 4 heteroatoms. The van der Waals surface area contributed by atoms with Crippen LogP contribution in [0.2, 0.25) is 0 Å². The van der Waals surface area contributed by atoms with E-state index in [1.807, 2.05) is 6.20 Å². The van der Waals surface area contributed by atoms with E-state index in [9.17, 15) is 5.11 Å². The van der Waals surface area contributed by atoms with Gasteiger partial charge in [-0.15, -0.1) is 0 Å². The van der Waals surface area contributed by atoms with Gasteiger partial charge in [-0.3, -0.25) is 9.80 Å². The summed E-state index contributed by atoms with van der Waals surface area (Å²) in [5, 5.41) is 10.2. The minimum atomic E-state index is 0.0413. The molecule has 2 atom stereocenters. The van der Waals surface area contributed by atoms with Crippen LogP contribution < -0.4 is 0 Å². The highest BCUT2D eigenvalue weighted by atomic mass is 16.3. The number of hydrogen-bond donors (Lipinski definition) is 2. The van der Waals surface area contributed by atoms with Crippen LogP contribution in [0.15, 0.2) is 48.7 Å². The van der Waals surface area contributed by atoms with Crippen LogP contribution >= 0.6 is 0 Å². The van der Waals surface area contributed by atoms with Crippen molar-refractivity contribution in [2.75, 3.05) is 32.8 Å². The molecule has 4 rings (SSSR count). The molecule has 1 aromatic heterocycles. The van der Waals surface area contributed by atoms with Crippen LogP contribution in [0.3, 0.4) is 0 Å². The van der Waals surface area contributed by atoms with Gasteiger partial charge in [-0.25, -0.2) is 0 Å². The van der Waals surface area contributed by atoms with Crippen molar-refractivity contribution in [2.45, 2.75) is 19.5 Å². The van der Waals surface area contributed by atoms with Crippen LogP contribution in [0.1, 0.15) is 17.7 Å². The first kappa shape index (κ1) is 15.9. The zero-order chi connectivity index (χ0) is 16.4.